The monoisotopic (exact) mass is 236 g/mol. The minimum Gasteiger partial charge on any atom is -0.472 e. The first-order valence-electron chi connectivity index (χ1n) is 5.55. The van der Waals surface area contributed by atoms with Gasteiger partial charge in [-0.1, -0.05) is 24.3 Å². The highest BCUT2D eigenvalue weighted by Crippen LogP contribution is 2.22. The average Bonchev–Trinajstić information content (AvgIpc) is 3.07. The molecule has 0 fully saturated rings. The molecule has 0 radical (unpaired) electrons. The van der Waals surface area contributed by atoms with E-state index in [1.165, 1.54) is 0 Å². The fourth-order valence-corrected chi connectivity index (χ4v) is 2.06. The summed E-state index contributed by atoms with van der Waals surface area (Å²) in [6.45, 7) is 0. The van der Waals surface area contributed by atoms with Gasteiger partial charge in [-0.2, -0.15) is 9.61 Å². The van der Waals surface area contributed by atoms with Crippen molar-refractivity contribution in [2.45, 2.75) is 0 Å². The van der Waals surface area contributed by atoms with Gasteiger partial charge in [0.05, 0.1) is 18.0 Å². The van der Waals surface area contributed by atoms with Crippen molar-refractivity contribution in [2.24, 2.45) is 0 Å². The standard InChI is InChI=1S/C13H8N4O/c1-2-4-11-9(3-1)7-14-17-12(15-16-13(11)17)10-5-6-18-8-10/h1-8H. The SMILES string of the molecule is c1ccc2c(c1)cnn1c(-c3ccoc3)nnc21. The van der Waals surface area contributed by atoms with Crippen LogP contribution in [0.1, 0.15) is 0 Å². The molecule has 0 saturated carbocycles. The Bertz CT molecular complexity index is 833. The average molecular weight is 236 g/mol. The third-order valence-electron chi connectivity index (χ3n) is 2.93. The van der Waals surface area contributed by atoms with E-state index < -0.39 is 0 Å². The Morgan fingerprint density at radius 2 is 2.00 bits per heavy atom. The summed E-state index contributed by atoms with van der Waals surface area (Å²) in [4.78, 5) is 0. The molecule has 4 rings (SSSR count). The highest BCUT2D eigenvalue weighted by molar-refractivity contribution is 5.93. The molecular formula is C13H8N4O. The van der Waals surface area contributed by atoms with E-state index in [2.05, 4.69) is 15.3 Å². The van der Waals surface area contributed by atoms with Crippen LogP contribution in [0, 0.1) is 0 Å². The summed E-state index contributed by atoms with van der Waals surface area (Å²) in [5.41, 5.74) is 1.62. The minimum atomic E-state index is 0.685. The highest BCUT2D eigenvalue weighted by atomic mass is 16.3. The van der Waals surface area contributed by atoms with Crippen LogP contribution in [0.3, 0.4) is 0 Å². The predicted octanol–water partition coefficient (Wildman–Crippen LogP) is 2.54. The third kappa shape index (κ3) is 1.18. The summed E-state index contributed by atoms with van der Waals surface area (Å²) >= 11 is 0. The Kier molecular flexibility index (Phi) is 1.77. The van der Waals surface area contributed by atoms with Gasteiger partial charge in [0, 0.05) is 10.8 Å². The molecule has 0 unspecified atom stereocenters. The molecule has 0 aliphatic rings. The first kappa shape index (κ1) is 9.35. The summed E-state index contributed by atoms with van der Waals surface area (Å²) < 4.78 is 6.80. The van der Waals surface area contributed by atoms with Gasteiger partial charge in [0.1, 0.15) is 6.26 Å². The van der Waals surface area contributed by atoms with E-state index in [9.17, 15) is 0 Å². The van der Waals surface area contributed by atoms with Crippen molar-refractivity contribution >= 4 is 16.4 Å². The topological polar surface area (TPSA) is 56.2 Å². The van der Waals surface area contributed by atoms with Gasteiger partial charge in [-0.05, 0) is 6.07 Å². The predicted molar refractivity (Wildman–Crippen MR) is 66.0 cm³/mol. The third-order valence-corrected chi connectivity index (χ3v) is 2.93. The van der Waals surface area contributed by atoms with Crippen molar-refractivity contribution in [3.05, 3.63) is 49.1 Å². The molecule has 1 aromatic carbocycles. The van der Waals surface area contributed by atoms with Crippen molar-refractivity contribution in [2.75, 3.05) is 0 Å². The van der Waals surface area contributed by atoms with Crippen LogP contribution in [-0.4, -0.2) is 19.8 Å². The fourth-order valence-electron chi connectivity index (χ4n) is 2.06. The maximum atomic E-state index is 5.07. The second-order valence-corrected chi connectivity index (χ2v) is 4.00. The summed E-state index contributed by atoms with van der Waals surface area (Å²) in [5, 5.41) is 14.9. The van der Waals surface area contributed by atoms with E-state index in [0.29, 0.717) is 5.82 Å². The molecule has 5 nitrogen and oxygen atoms in total. The van der Waals surface area contributed by atoms with Crippen LogP contribution in [0.15, 0.2) is 53.5 Å². The number of benzene rings is 1. The molecule has 0 spiro atoms. The van der Waals surface area contributed by atoms with Crippen molar-refractivity contribution in [3.8, 4) is 11.4 Å². The Hall–Kier alpha value is -2.69. The lowest BCUT2D eigenvalue weighted by Crippen LogP contribution is -1.94. The Balaban J connectivity index is 2.12. The first-order valence-corrected chi connectivity index (χ1v) is 5.55. The zero-order valence-corrected chi connectivity index (χ0v) is 9.32. The Labute approximate surface area is 102 Å². The number of rotatable bonds is 1. The molecular weight excluding hydrogens is 228 g/mol. The maximum absolute atomic E-state index is 5.07. The van der Waals surface area contributed by atoms with E-state index in [0.717, 1.165) is 22.0 Å². The van der Waals surface area contributed by atoms with Crippen molar-refractivity contribution < 1.29 is 4.42 Å². The largest absolute Gasteiger partial charge is 0.472 e. The molecule has 5 heteroatoms. The molecule has 0 saturated heterocycles. The number of hydrogen-bond donors (Lipinski definition) is 0. The van der Waals surface area contributed by atoms with Gasteiger partial charge in [-0.15, -0.1) is 10.2 Å². The number of nitrogens with zero attached hydrogens (tertiary/aromatic N) is 4. The number of hydrogen-bond acceptors (Lipinski definition) is 4. The molecule has 0 bridgehead atoms. The van der Waals surface area contributed by atoms with Gasteiger partial charge in [0.15, 0.2) is 11.5 Å². The van der Waals surface area contributed by atoms with Gasteiger partial charge in [0.2, 0.25) is 0 Å². The fraction of sp³-hybridized carbons (Fsp3) is 0. The summed E-state index contributed by atoms with van der Waals surface area (Å²) in [6, 6.07) is 9.82. The normalized spacial score (nSPS) is 11.3. The van der Waals surface area contributed by atoms with Crippen molar-refractivity contribution in [3.63, 3.8) is 0 Å². The lowest BCUT2D eigenvalue weighted by atomic mass is 10.2. The lowest BCUT2D eigenvalue weighted by Gasteiger charge is -1.99. The molecule has 0 atom stereocenters. The van der Waals surface area contributed by atoms with Gasteiger partial charge in [-0.3, -0.25) is 0 Å². The number of furan rings is 1. The van der Waals surface area contributed by atoms with E-state index in [1.807, 2.05) is 36.5 Å². The van der Waals surface area contributed by atoms with Crippen LogP contribution in [0.4, 0.5) is 0 Å². The molecule has 86 valence electrons. The summed E-state index contributed by atoms with van der Waals surface area (Å²) in [7, 11) is 0. The minimum absolute atomic E-state index is 0.685. The smallest absolute Gasteiger partial charge is 0.188 e. The first-order chi connectivity index (χ1) is 8.93. The van der Waals surface area contributed by atoms with Crippen LogP contribution in [-0.2, 0) is 0 Å². The van der Waals surface area contributed by atoms with Gasteiger partial charge in [-0.25, -0.2) is 0 Å². The van der Waals surface area contributed by atoms with Crippen molar-refractivity contribution in [1.29, 1.82) is 0 Å². The van der Waals surface area contributed by atoms with Gasteiger partial charge in [0.25, 0.3) is 0 Å². The quantitative estimate of drug-likeness (QED) is 0.509. The van der Waals surface area contributed by atoms with Gasteiger partial charge < -0.3 is 4.42 Å². The van der Waals surface area contributed by atoms with Crippen LogP contribution in [0.2, 0.25) is 0 Å². The number of fused-ring (bicyclic) bond motifs is 3. The molecule has 0 aliphatic heterocycles. The highest BCUT2D eigenvalue weighted by Gasteiger charge is 2.12. The molecule has 0 N–H and O–H groups in total. The van der Waals surface area contributed by atoms with Crippen LogP contribution < -0.4 is 0 Å². The van der Waals surface area contributed by atoms with Crippen LogP contribution >= 0.6 is 0 Å². The molecule has 18 heavy (non-hydrogen) atoms. The molecule has 4 aromatic rings. The van der Waals surface area contributed by atoms with E-state index in [-0.39, 0.29) is 0 Å². The zero-order chi connectivity index (χ0) is 11.9. The lowest BCUT2D eigenvalue weighted by molar-refractivity contribution is 0.567. The zero-order valence-electron chi connectivity index (χ0n) is 9.32. The summed E-state index contributed by atoms with van der Waals surface area (Å²) in [5.74, 6) is 0.685. The number of aromatic nitrogens is 4. The van der Waals surface area contributed by atoms with E-state index in [4.69, 9.17) is 4.42 Å². The van der Waals surface area contributed by atoms with Crippen LogP contribution in [0.25, 0.3) is 27.8 Å². The van der Waals surface area contributed by atoms with E-state index >= 15 is 0 Å². The van der Waals surface area contributed by atoms with Gasteiger partial charge >= 0.3 is 0 Å². The maximum Gasteiger partial charge on any atom is 0.188 e. The molecule has 0 aliphatic carbocycles. The van der Waals surface area contributed by atoms with Crippen molar-refractivity contribution in [1.82, 2.24) is 19.8 Å². The second-order valence-electron chi connectivity index (χ2n) is 4.00. The molecule has 3 heterocycles. The molecule has 0 amide bonds. The van der Waals surface area contributed by atoms with E-state index in [1.54, 1.807) is 17.0 Å². The van der Waals surface area contributed by atoms with Crippen LogP contribution in [0.5, 0.6) is 0 Å². The Morgan fingerprint density at radius 1 is 1.06 bits per heavy atom. The summed E-state index contributed by atoms with van der Waals surface area (Å²) in [6.07, 6.45) is 5.06. The molecule has 3 aromatic heterocycles. The second kappa shape index (κ2) is 3.40. The Morgan fingerprint density at radius 3 is 2.89 bits per heavy atom.